The molecule has 0 amide bonds. The van der Waals surface area contributed by atoms with E-state index in [1.54, 1.807) is 0 Å². The number of aliphatic hydroxyl groups is 1. The first kappa shape index (κ1) is 16.1. The lowest BCUT2D eigenvalue weighted by molar-refractivity contribution is -0.208. The van der Waals surface area contributed by atoms with Gasteiger partial charge in [-0.3, -0.25) is 4.90 Å². The third-order valence-corrected chi connectivity index (χ3v) is 6.13. The summed E-state index contributed by atoms with van der Waals surface area (Å²) in [5, 5.41) is 8.09. The average molecular weight is 307 g/mol. The van der Waals surface area contributed by atoms with E-state index in [1.807, 2.05) is 0 Å². The van der Waals surface area contributed by atoms with Gasteiger partial charge in [0.2, 0.25) is 0 Å². The van der Waals surface area contributed by atoms with Crippen molar-refractivity contribution in [1.29, 1.82) is 0 Å². The fourth-order valence-corrected chi connectivity index (χ4v) is 4.76. The normalized spacial score (nSPS) is 25.1. The van der Waals surface area contributed by atoms with E-state index in [1.165, 1.54) is 23.6 Å². The fraction of sp³-hybridized carbons (Fsp3) is 1.00. The lowest BCUT2D eigenvalue weighted by Crippen LogP contribution is -2.52. The van der Waals surface area contributed by atoms with E-state index in [9.17, 15) is 21.6 Å². The van der Waals surface area contributed by atoms with Crippen molar-refractivity contribution in [2.24, 2.45) is 0 Å². The van der Waals surface area contributed by atoms with Crippen molar-refractivity contribution in [2.75, 3.05) is 30.3 Å². The summed E-state index contributed by atoms with van der Waals surface area (Å²) in [6, 6.07) is 0. The Morgan fingerprint density at radius 3 is 2.61 bits per heavy atom. The van der Waals surface area contributed by atoms with Gasteiger partial charge in [0.15, 0.2) is 15.9 Å². The molecule has 1 heterocycles. The van der Waals surface area contributed by atoms with E-state index in [0.29, 0.717) is 5.75 Å². The molecule has 108 valence electrons. The molecule has 0 aromatic heterocycles. The number of thioether (sulfide) groups is 1. The summed E-state index contributed by atoms with van der Waals surface area (Å²) in [7, 11) is -3.43. The number of rotatable bonds is 4. The van der Waals surface area contributed by atoms with Crippen molar-refractivity contribution in [3.8, 4) is 0 Å². The molecule has 1 aliphatic rings. The van der Waals surface area contributed by atoms with Crippen molar-refractivity contribution >= 4 is 21.6 Å². The van der Waals surface area contributed by atoms with Gasteiger partial charge in [0, 0.05) is 30.3 Å². The maximum atomic E-state index is 12.3. The molecule has 0 aliphatic carbocycles. The Bertz CT molecular complexity index is 372. The maximum absolute atomic E-state index is 12.3. The summed E-state index contributed by atoms with van der Waals surface area (Å²) >= 11 is 1.40. The lowest BCUT2D eigenvalue weighted by atomic mass is 10.3. The molecule has 1 rings (SSSR count). The second kappa shape index (κ2) is 5.98. The zero-order chi connectivity index (χ0) is 14.0. The van der Waals surface area contributed by atoms with Gasteiger partial charge in [-0.15, -0.1) is 0 Å². The largest absolute Gasteiger partial charge is 0.415 e. The standard InChI is InChI=1S/C9H16F3NO3S2/c1-2-18(15,16)8-6-17-4-3-13(8)5-7(14)9(10,11)12/h7-8,14H,2-6H2,1H3. The number of hydrogen-bond acceptors (Lipinski definition) is 5. The first-order valence-electron chi connectivity index (χ1n) is 5.46. The molecular formula is C9H16F3NO3S2. The van der Waals surface area contributed by atoms with Gasteiger partial charge < -0.3 is 5.11 Å². The van der Waals surface area contributed by atoms with Crippen molar-refractivity contribution in [3.05, 3.63) is 0 Å². The van der Waals surface area contributed by atoms with Gasteiger partial charge in [0.05, 0.1) is 0 Å². The number of sulfone groups is 1. The van der Waals surface area contributed by atoms with Crippen molar-refractivity contribution in [1.82, 2.24) is 4.90 Å². The Kier molecular flexibility index (Phi) is 5.33. The minimum absolute atomic E-state index is 0.114. The molecule has 0 saturated carbocycles. The van der Waals surface area contributed by atoms with Crippen LogP contribution in [0.4, 0.5) is 13.2 Å². The van der Waals surface area contributed by atoms with Gasteiger partial charge in [0.1, 0.15) is 5.37 Å². The highest BCUT2D eigenvalue weighted by Gasteiger charge is 2.42. The van der Waals surface area contributed by atoms with E-state index < -0.39 is 34.0 Å². The summed E-state index contributed by atoms with van der Waals surface area (Å²) in [6.07, 6.45) is -7.22. The molecule has 2 unspecified atom stereocenters. The molecule has 9 heteroatoms. The summed E-state index contributed by atoms with van der Waals surface area (Å²) in [5.41, 5.74) is 0. The van der Waals surface area contributed by atoms with Crippen LogP contribution in [0.3, 0.4) is 0 Å². The first-order chi connectivity index (χ1) is 8.18. The zero-order valence-corrected chi connectivity index (χ0v) is 11.5. The molecular weight excluding hydrogens is 291 g/mol. The predicted molar refractivity (Wildman–Crippen MR) is 64.2 cm³/mol. The van der Waals surface area contributed by atoms with Gasteiger partial charge in [-0.05, 0) is 0 Å². The molecule has 0 aromatic carbocycles. The van der Waals surface area contributed by atoms with Crippen LogP contribution in [0.5, 0.6) is 0 Å². The Hall–Kier alpha value is 0.01000. The summed E-state index contributed by atoms with van der Waals surface area (Å²) < 4.78 is 60.4. The van der Waals surface area contributed by atoms with Crippen LogP contribution < -0.4 is 0 Å². The molecule has 0 aromatic rings. The number of alkyl halides is 3. The molecule has 4 nitrogen and oxygen atoms in total. The monoisotopic (exact) mass is 307 g/mol. The topological polar surface area (TPSA) is 57.6 Å². The highest BCUT2D eigenvalue weighted by Crippen LogP contribution is 2.25. The van der Waals surface area contributed by atoms with Crippen LogP contribution in [0, 0.1) is 0 Å². The van der Waals surface area contributed by atoms with Crippen LogP contribution in [-0.2, 0) is 9.84 Å². The first-order valence-corrected chi connectivity index (χ1v) is 8.33. The maximum Gasteiger partial charge on any atom is 0.415 e. The second-order valence-electron chi connectivity index (χ2n) is 4.03. The molecule has 0 radical (unpaired) electrons. The van der Waals surface area contributed by atoms with Gasteiger partial charge in [-0.1, -0.05) is 6.92 Å². The lowest BCUT2D eigenvalue weighted by Gasteiger charge is -2.36. The Labute approximate surface area is 108 Å². The molecule has 0 bridgehead atoms. The average Bonchev–Trinajstić information content (AvgIpc) is 2.28. The van der Waals surface area contributed by atoms with E-state index in [0.717, 1.165) is 0 Å². The van der Waals surface area contributed by atoms with Crippen LogP contribution in [0.1, 0.15) is 6.92 Å². The minimum Gasteiger partial charge on any atom is -0.382 e. The Morgan fingerprint density at radius 1 is 1.50 bits per heavy atom. The van der Waals surface area contributed by atoms with E-state index in [2.05, 4.69) is 0 Å². The number of halogens is 3. The van der Waals surface area contributed by atoms with E-state index in [-0.39, 0.29) is 18.1 Å². The van der Waals surface area contributed by atoms with E-state index >= 15 is 0 Å². The highest BCUT2D eigenvalue weighted by atomic mass is 32.2. The molecule has 0 spiro atoms. The van der Waals surface area contributed by atoms with Gasteiger partial charge in [0.25, 0.3) is 0 Å². The number of nitrogens with zero attached hydrogens (tertiary/aromatic N) is 1. The third-order valence-electron chi connectivity index (χ3n) is 2.79. The summed E-state index contributed by atoms with van der Waals surface area (Å²) in [5.74, 6) is 0.706. The van der Waals surface area contributed by atoms with Crippen molar-refractivity contribution in [3.63, 3.8) is 0 Å². The van der Waals surface area contributed by atoms with Crippen molar-refractivity contribution < 1.29 is 26.7 Å². The molecule has 1 aliphatic heterocycles. The van der Waals surface area contributed by atoms with Crippen LogP contribution in [0.2, 0.25) is 0 Å². The summed E-state index contributed by atoms with van der Waals surface area (Å²) in [4.78, 5) is 1.22. The molecule has 2 atom stereocenters. The smallest absolute Gasteiger partial charge is 0.382 e. The molecule has 1 fully saturated rings. The SMILES string of the molecule is CCS(=O)(=O)C1CSCCN1CC(O)C(F)(F)F. The van der Waals surface area contributed by atoms with E-state index in [4.69, 9.17) is 5.11 Å². The Balaban J connectivity index is 2.78. The molecule has 18 heavy (non-hydrogen) atoms. The predicted octanol–water partition coefficient (Wildman–Crippen LogP) is 0.719. The van der Waals surface area contributed by atoms with Crippen LogP contribution in [-0.4, -0.2) is 66.4 Å². The second-order valence-corrected chi connectivity index (χ2v) is 7.63. The number of β-amino-alcohol motifs (C(OH)–C–C–N with tert-alkyl or cyclic N) is 1. The molecule has 1 N–H and O–H groups in total. The van der Waals surface area contributed by atoms with Crippen molar-refractivity contribution in [2.45, 2.75) is 24.6 Å². The van der Waals surface area contributed by atoms with Gasteiger partial charge in [-0.2, -0.15) is 24.9 Å². The summed E-state index contributed by atoms with van der Waals surface area (Å²) in [6.45, 7) is 1.02. The van der Waals surface area contributed by atoms with Crippen LogP contribution >= 0.6 is 11.8 Å². The number of hydrogen-bond donors (Lipinski definition) is 1. The van der Waals surface area contributed by atoms with Crippen LogP contribution in [0.15, 0.2) is 0 Å². The number of aliphatic hydroxyl groups excluding tert-OH is 1. The quantitative estimate of drug-likeness (QED) is 0.829. The highest BCUT2D eigenvalue weighted by molar-refractivity contribution is 8.01. The minimum atomic E-state index is -4.72. The zero-order valence-electron chi connectivity index (χ0n) is 9.85. The Morgan fingerprint density at radius 2 is 2.11 bits per heavy atom. The van der Waals surface area contributed by atoms with Gasteiger partial charge >= 0.3 is 6.18 Å². The van der Waals surface area contributed by atoms with Crippen LogP contribution in [0.25, 0.3) is 0 Å². The molecule has 1 saturated heterocycles. The van der Waals surface area contributed by atoms with Gasteiger partial charge in [-0.25, -0.2) is 8.42 Å². The third kappa shape index (κ3) is 4.01. The fourth-order valence-electron chi connectivity index (χ4n) is 1.67.